The number of aromatic carboxylic acids is 1. The number of nitrogens with one attached hydrogen (secondary N) is 1. The first-order chi connectivity index (χ1) is 9.56. The number of aromatic nitrogens is 2. The average molecular weight is 293 g/mol. The van der Waals surface area contributed by atoms with Gasteiger partial charge < -0.3 is 15.5 Å². The monoisotopic (exact) mass is 293 g/mol. The van der Waals surface area contributed by atoms with E-state index in [0.29, 0.717) is 12.2 Å². The van der Waals surface area contributed by atoms with Crippen molar-refractivity contribution in [3.05, 3.63) is 40.5 Å². The van der Waals surface area contributed by atoms with Gasteiger partial charge in [-0.15, -0.1) is 11.3 Å². The van der Waals surface area contributed by atoms with Gasteiger partial charge in [0.1, 0.15) is 5.82 Å². The van der Waals surface area contributed by atoms with E-state index in [1.807, 2.05) is 24.4 Å². The molecule has 0 amide bonds. The fourth-order valence-corrected chi connectivity index (χ4v) is 2.48. The van der Waals surface area contributed by atoms with Gasteiger partial charge in [0.25, 0.3) is 0 Å². The van der Waals surface area contributed by atoms with Gasteiger partial charge in [-0.05, 0) is 24.8 Å². The van der Waals surface area contributed by atoms with Crippen molar-refractivity contribution in [3.8, 4) is 0 Å². The van der Waals surface area contributed by atoms with Gasteiger partial charge in [0, 0.05) is 10.9 Å². The number of thiophene rings is 1. The maximum atomic E-state index is 10.7. The summed E-state index contributed by atoms with van der Waals surface area (Å²) in [5.41, 5.74) is -0.0955. The standard InChI is InChI=1S/C13H15N3O3S/c1-8(5-10(17)11-3-2-4-20-11)16-12-7-14-9(6-15-12)13(18)19/h2-4,6-8,10,17H,5H2,1H3,(H,15,16)(H,18,19). The molecule has 6 nitrogen and oxygen atoms in total. The fraction of sp³-hybridized carbons (Fsp3) is 0.308. The number of hydrogen-bond acceptors (Lipinski definition) is 6. The normalized spacial score (nSPS) is 13.7. The van der Waals surface area contributed by atoms with E-state index in [2.05, 4.69) is 15.3 Å². The molecular formula is C13H15N3O3S. The minimum atomic E-state index is -1.11. The second-order valence-electron chi connectivity index (χ2n) is 4.40. The maximum Gasteiger partial charge on any atom is 0.356 e. The molecule has 0 fully saturated rings. The van der Waals surface area contributed by atoms with Gasteiger partial charge in [-0.25, -0.2) is 14.8 Å². The van der Waals surface area contributed by atoms with Crippen molar-refractivity contribution < 1.29 is 15.0 Å². The molecule has 2 aromatic heterocycles. The maximum absolute atomic E-state index is 10.7. The third-order valence-corrected chi connectivity index (χ3v) is 3.69. The molecule has 0 aromatic carbocycles. The smallest absolute Gasteiger partial charge is 0.356 e. The summed E-state index contributed by atoms with van der Waals surface area (Å²) in [7, 11) is 0. The number of carboxylic acids is 1. The van der Waals surface area contributed by atoms with Gasteiger partial charge in [0.15, 0.2) is 5.69 Å². The molecule has 2 heterocycles. The van der Waals surface area contributed by atoms with Crippen molar-refractivity contribution >= 4 is 23.1 Å². The highest BCUT2D eigenvalue weighted by Gasteiger charge is 2.14. The van der Waals surface area contributed by atoms with Crippen LogP contribution in [0.25, 0.3) is 0 Å². The molecule has 0 saturated heterocycles. The van der Waals surface area contributed by atoms with Gasteiger partial charge in [-0.3, -0.25) is 0 Å². The van der Waals surface area contributed by atoms with Gasteiger partial charge in [-0.1, -0.05) is 6.07 Å². The number of anilines is 1. The van der Waals surface area contributed by atoms with Crippen LogP contribution in [0.15, 0.2) is 29.9 Å². The van der Waals surface area contributed by atoms with Gasteiger partial charge in [0.05, 0.1) is 18.5 Å². The van der Waals surface area contributed by atoms with E-state index in [4.69, 9.17) is 5.11 Å². The SMILES string of the molecule is CC(CC(O)c1cccs1)Nc1cnc(C(=O)O)cn1. The highest BCUT2D eigenvalue weighted by atomic mass is 32.1. The molecule has 2 unspecified atom stereocenters. The predicted molar refractivity (Wildman–Crippen MR) is 76.0 cm³/mol. The van der Waals surface area contributed by atoms with Crippen molar-refractivity contribution in [1.29, 1.82) is 0 Å². The molecule has 0 aliphatic rings. The number of nitrogens with zero attached hydrogens (tertiary/aromatic N) is 2. The molecule has 2 aromatic rings. The van der Waals surface area contributed by atoms with Crippen LogP contribution in [-0.2, 0) is 0 Å². The Morgan fingerprint density at radius 2 is 2.25 bits per heavy atom. The average Bonchev–Trinajstić information content (AvgIpc) is 2.93. The molecule has 0 aliphatic heterocycles. The molecule has 2 atom stereocenters. The molecule has 20 heavy (non-hydrogen) atoms. The lowest BCUT2D eigenvalue weighted by Crippen LogP contribution is -2.19. The minimum Gasteiger partial charge on any atom is -0.476 e. The van der Waals surface area contributed by atoms with Crippen LogP contribution in [0.4, 0.5) is 5.82 Å². The lowest BCUT2D eigenvalue weighted by Gasteiger charge is -2.17. The first kappa shape index (κ1) is 14.4. The first-order valence-electron chi connectivity index (χ1n) is 6.09. The van der Waals surface area contributed by atoms with Crippen LogP contribution in [-0.4, -0.2) is 32.2 Å². The molecule has 0 spiro atoms. The van der Waals surface area contributed by atoms with Crippen LogP contribution in [0, 0.1) is 0 Å². The molecule has 0 saturated carbocycles. The van der Waals surface area contributed by atoms with Crippen molar-refractivity contribution in [2.75, 3.05) is 5.32 Å². The van der Waals surface area contributed by atoms with E-state index < -0.39 is 12.1 Å². The summed E-state index contributed by atoms with van der Waals surface area (Å²) in [4.78, 5) is 19.3. The summed E-state index contributed by atoms with van der Waals surface area (Å²) in [5, 5.41) is 23.8. The zero-order chi connectivity index (χ0) is 14.5. The lowest BCUT2D eigenvalue weighted by atomic mass is 10.1. The van der Waals surface area contributed by atoms with E-state index in [9.17, 15) is 9.90 Å². The molecule has 106 valence electrons. The second-order valence-corrected chi connectivity index (χ2v) is 5.38. The number of rotatable bonds is 6. The van der Waals surface area contributed by atoms with Crippen LogP contribution >= 0.6 is 11.3 Å². The molecule has 7 heteroatoms. The van der Waals surface area contributed by atoms with Gasteiger partial charge in [-0.2, -0.15) is 0 Å². The largest absolute Gasteiger partial charge is 0.476 e. The Balaban J connectivity index is 1.91. The van der Waals surface area contributed by atoms with E-state index in [1.165, 1.54) is 23.7 Å². The van der Waals surface area contributed by atoms with Crippen LogP contribution in [0.5, 0.6) is 0 Å². The Bertz CT molecular complexity index is 557. The van der Waals surface area contributed by atoms with Crippen molar-refractivity contribution in [2.45, 2.75) is 25.5 Å². The van der Waals surface area contributed by atoms with E-state index in [-0.39, 0.29) is 11.7 Å². The first-order valence-corrected chi connectivity index (χ1v) is 6.97. The highest BCUT2D eigenvalue weighted by Crippen LogP contribution is 2.23. The third kappa shape index (κ3) is 3.75. The zero-order valence-electron chi connectivity index (χ0n) is 10.9. The number of aliphatic hydroxyl groups is 1. The Labute approximate surface area is 120 Å². The third-order valence-electron chi connectivity index (χ3n) is 2.71. The second kappa shape index (κ2) is 6.44. The van der Waals surface area contributed by atoms with Crippen molar-refractivity contribution in [2.24, 2.45) is 0 Å². The molecule has 2 rings (SSSR count). The summed E-state index contributed by atoms with van der Waals surface area (Å²) in [6, 6.07) is 3.78. The molecule has 3 N–H and O–H groups in total. The van der Waals surface area contributed by atoms with Crippen molar-refractivity contribution in [1.82, 2.24) is 9.97 Å². The predicted octanol–water partition coefficient (Wildman–Crippen LogP) is 2.16. The summed E-state index contributed by atoms with van der Waals surface area (Å²) >= 11 is 1.51. The Kier molecular flexibility index (Phi) is 4.65. The summed E-state index contributed by atoms with van der Waals surface area (Å²) in [5.74, 6) is -0.619. The van der Waals surface area contributed by atoms with Crippen LogP contribution in [0.1, 0.15) is 34.8 Å². The zero-order valence-corrected chi connectivity index (χ0v) is 11.7. The Morgan fingerprint density at radius 3 is 2.80 bits per heavy atom. The topological polar surface area (TPSA) is 95.3 Å². The van der Waals surface area contributed by atoms with Crippen LogP contribution in [0.3, 0.4) is 0 Å². The highest BCUT2D eigenvalue weighted by molar-refractivity contribution is 7.10. The number of hydrogen-bond donors (Lipinski definition) is 3. The van der Waals surface area contributed by atoms with Gasteiger partial charge in [0.2, 0.25) is 0 Å². The summed E-state index contributed by atoms with van der Waals surface area (Å²) in [6.07, 6.45) is 2.58. The van der Waals surface area contributed by atoms with E-state index in [0.717, 1.165) is 4.88 Å². The number of carbonyl (C=O) groups is 1. The number of carboxylic acid groups (broad SMARTS) is 1. The summed E-state index contributed by atoms with van der Waals surface area (Å²) in [6.45, 7) is 1.92. The Morgan fingerprint density at radius 1 is 1.45 bits per heavy atom. The summed E-state index contributed by atoms with van der Waals surface area (Å²) < 4.78 is 0. The van der Waals surface area contributed by atoms with Crippen LogP contribution < -0.4 is 5.32 Å². The lowest BCUT2D eigenvalue weighted by molar-refractivity contribution is 0.0690. The van der Waals surface area contributed by atoms with Crippen molar-refractivity contribution in [3.63, 3.8) is 0 Å². The molecular weight excluding hydrogens is 278 g/mol. The fourth-order valence-electron chi connectivity index (χ4n) is 1.76. The quantitative estimate of drug-likeness (QED) is 0.755. The number of aliphatic hydroxyl groups excluding tert-OH is 1. The Hall–Kier alpha value is -1.99. The molecule has 0 radical (unpaired) electrons. The molecule has 0 aliphatic carbocycles. The van der Waals surface area contributed by atoms with E-state index >= 15 is 0 Å². The minimum absolute atomic E-state index is 0.0166. The van der Waals surface area contributed by atoms with Crippen LogP contribution in [0.2, 0.25) is 0 Å². The molecule has 0 bridgehead atoms. The van der Waals surface area contributed by atoms with Gasteiger partial charge >= 0.3 is 5.97 Å². The van der Waals surface area contributed by atoms with E-state index in [1.54, 1.807) is 0 Å².